The van der Waals surface area contributed by atoms with Gasteiger partial charge in [0.1, 0.15) is 0 Å². The van der Waals surface area contributed by atoms with Crippen LogP contribution in [0.25, 0.3) is 19.5 Å². The zero-order valence-electron chi connectivity index (χ0n) is 12.5. The van der Waals surface area contributed by atoms with Crippen molar-refractivity contribution in [2.75, 3.05) is 13.2 Å². The first-order valence-corrected chi connectivity index (χ1v) is 9.10. The first-order valence-electron chi connectivity index (χ1n) is 7.47. The number of hydrogen-bond acceptors (Lipinski definition) is 4. The van der Waals surface area contributed by atoms with Crippen molar-refractivity contribution in [3.8, 4) is 0 Å². The van der Waals surface area contributed by atoms with E-state index in [1.54, 1.807) is 22.7 Å². The summed E-state index contributed by atoms with van der Waals surface area (Å²) in [6.45, 7) is 5.36. The lowest BCUT2D eigenvalue weighted by atomic mass is 10.2. The van der Waals surface area contributed by atoms with Gasteiger partial charge in [-0.25, -0.2) is 0 Å². The average Bonchev–Trinajstić information content (AvgIpc) is 3.06. The number of benzene rings is 1. The van der Waals surface area contributed by atoms with E-state index in [1.807, 2.05) is 11.8 Å². The average molecular weight is 331 g/mol. The zero-order valence-corrected chi connectivity index (χ0v) is 14.2. The van der Waals surface area contributed by atoms with Crippen LogP contribution in [-0.2, 0) is 4.74 Å². The van der Waals surface area contributed by atoms with Crippen LogP contribution in [0.5, 0.6) is 0 Å². The van der Waals surface area contributed by atoms with Crippen LogP contribution in [0, 0.1) is 0 Å². The molecule has 114 valence electrons. The van der Waals surface area contributed by atoms with Crippen LogP contribution >= 0.6 is 22.7 Å². The molecule has 1 aromatic carbocycles. The molecule has 1 saturated heterocycles. The van der Waals surface area contributed by atoms with Crippen molar-refractivity contribution in [1.82, 2.24) is 4.90 Å². The van der Waals surface area contributed by atoms with E-state index >= 15 is 0 Å². The molecule has 2 atom stereocenters. The highest BCUT2D eigenvalue weighted by atomic mass is 32.1. The van der Waals surface area contributed by atoms with Crippen LogP contribution in [0.2, 0.25) is 0 Å². The molecule has 0 spiro atoms. The highest BCUT2D eigenvalue weighted by molar-refractivity contribution is 7.33. The lowest BCUT2D eigenvalue weighted by Crippen LogP contribution is -2.50. The van der Waals surface area contributed by atoms with Gasteiger partial charge in [0.05, 0.1) is 28.3 Å². The second-order valence-electron chi connectivity index (χ2n) is 5.85. The Bertz CT molecular complexity index is 851. The van der Waals surface area contributed by atoms with E-state index in [4.69, 9.17) is 4.74 Å². The summed E-state index contributed by atoms with van der Waals surface area (Å²) in [5.74, 6) is 0.139. The van der Waals surface area contributed by atoms with Crippen LogP contribution in [0.3, 0.4) is 0 Å². The Labute approximate surface area is 137 Å². The predicted molar refractivity (Wildman–Crippen MR) is 93.1 cm³/mol. The Balaban J connectivity index is 1.72. The monoisotopic (exact) mass is 331 g/mol. The van der Waals surface area contributed by atoms with E-state index in [0.29, 0.717) is 13.2 Å². The van der Waals surface area contributed by atoms with Crippen molar-refractivity contribution in [1.29, 1.82) is 0 Å². The molecule has 3 aromatic rings. The third-order valence-corrected chi connectivity index (χ3v) is 6.53. The fourth-order valence-electron chi connectivity index (χ4n) is 2.93. The predicted octanol–water partition coefficient (Wildman–Crippen LogP) is 4.37. The number of hydrogen-bond donors (Lipinski definition) is 0. The number of carbonyl (C=O) groups is 1. The van der Waals surface area contributed by atoms with Crippen molar-refractivity contribution >= 4 is 48.1 Å². The first kappa shape index (κ1) is 14.2. The molecule has 2 aromatic heterocycles. The molecule has 22 heavy (non-hydrogen) atoms. The number of nitrogens with zero attached hydrogens (tertiary/aromatic N) is 1. The van der Waals surface area contributed by atoms with E-state index in [-0.39, 0.29) is 18.1 Å². The fraction of sp³-hybridized carbons (Fsp3) is 0.353. The Morgan fingerprint density at radius 3 is 2.91 bits per heavy atom. The maximum Gasteiger partial charge on any atom is 0.264 e. The van der Waals surface area contributed by atoms with Gasteiger partial charge in [-0.1, -0.05) is 18.2 Å². The summed E-state index contributed by atoms with van der Waals surface area (Å²) >= 11 is 3.38. The van der Waals surface area contributed by atoms with Crippen molar-refractivity contribution in [3.05, 3.63) is 35.2 Å². The maximum atomic E-state index is 12.8. The summed E-state index contributed by atoms with van der Waals surface area (Å²) in [6, 6.07) is 10.6. The van der Waals surface area contributed by atoms with Gasteiger partial charge in [-0.3, -0.25) is 4.79 Å². The van der Waals surface area contributed by atoms with Crippen LogP contribution < -0.4 is 0 Å². The molecule has 0 radical (unpaired) electrons. The van der Waals surface area contributed by atoms with Crippen molar-refractivity contribution in [2.45, 2.75) is 26.0 Å². The summed E-state index contributed by atoms with van der Waals surface area (Å²) in [7, 11) is 0. The van der Waals surface area contributed by atoms with Crippen LogP contribution in [0.15, 0.2) is 30.3 Å². The summed E-state index contributed by atoms with van der Waals surface area (Å²) in [4.78, 5) is 15.6. The van der Waals surface area contributed by atoms with E-state index < -0.39 is 0 Å². The Morgan fingerprint density at radius 1 is 1.23 bits per heavy atom. The number of rotatable bonds is 1. The van der Waals surface area contributed by atoms with Crippen molar-refractivity contribution in [2.24, 2.45) is 0 Å². The van der Waals surface area contributed by atoms with E-state index in [0.717, 1.165) is 4.88 Å². The minimum absolute atomic E-state index is 0.113. The molecular formula is C17H17NO2S2. The fourth-order valence-corrected chi connectivity index (χ4v) is 5.41. The lowest BCUT2D eigenvalue weighted by Gasteiger charge is -2.36. The molecule has 0 bridgehead atoms. The minimum Gasteiger partial charge on any atom is -0.375 e. The van der Waals surface area contributed by atoms with Gasteiger partial charge in [0, 0.05) is 21.3 Å². The highest BCUT2D eigenvalue weighted by Gasteiger charge is 2.29. The van der Waals surface area contributed by atoms with Gasteiger partial charge in [-0.2, -0.15) is 0 Å². The highest BCUT2D eigenvalue weighted by Crippen LogP contribution is 2.39. The molecule has 2 unspecified atom stereocenters. The summed E-state index contributed by atoms with van der Waals surface area (Å²) in [5.41, 5.74) is 0. The molecule has 1 aliphatic heterocycles. The largest absolute Gasteiger partial charge is 0.375 e. The number of thiophene rings is 2. The molecule has 0 N–H and O–H groups in total. The Kier molecular flexibility index (Phi) is 3.44. The molecular weight excluding hydrogens is 314 g/mol. The zero-order chi connectivity index (χ0) is 15.3. The third-order valence-electron chi connectivity index (χ3n) is 4.13. The Morgan fingerprint density at radius 2 is 2.05 bits per heavy atom. The van der Waals surface area contributed by atoms with Gasteiger partial charge in [0.2, 0.25) is 0 Å². The van der Waals surface area contributed by atoms with Crippen molar-refractivity contribution < 1.29 is 9.53 Å². The summed E-state index contributed by atoms with van der Waals surface area (Å²) in [5, 5.41) is 1.26. The quantitative estimate of drug-likeness (QED) is 0.663. The number of fused-ring (bicyclic) bond motifs is 3. The minimum atomic E-state index is 0.113. The molecule has 1 amide bonds. The van der Waals surface area contributed by atoms with Gasteiger partial charge in [-0.15, -0.1) is 22.7 Å². The van der Waals surface area contributed by atoms with Gasteiger partial charge < -0.3 is 9.64 Å². The summed E-state index contributed by atoms with van der Waals surface area (Å²) in [6.07, 6.45) is 0.113. The van der Waals surface area contributed by atoms with Crippen LogP contribution in [-0.4, -0.2) is 36.1 Å². The van der Waals surface area contributed by atoms with E-state index in [2.05, 4.69) is 37.3 Å². The van der Waals surface area contributed by atoms with Crippen molar-refractivity contribution in [3.63, 3.8) is 0 Å². The van der Waals surface area contributed by atoms with Crippen LogP contribution in [0.4, 0.5) is 0 Å². The molecule has 4 rings (SSSR count). The number of ether oxygens (including phenoxy) is 1. The normalized spacial score (nSPS) is 22.5. The molecule has 0 aliphatic carbocycles. The number of carbonyl (C=O) groups excluding carboxylic acids is 1. The van der Waals surface area contributed by atoms with Gasteiger partial charge in [0.25, 0.3) is 5.91 Å². The second-order valence-corrected chi connectivity index (χ2v) is 7.99. The smallest absolute Gasteiger partial charge is 0.264 e. The topological polar surface area (TPSA) is 29.5 Å². The van der Waals surface area contributed by atoms with Crippen LogP contribution in [0.1, 0.15) is 23.5 Å². The lowest BCUT2D eigenvalue weighted by molar-refractivity contribution is -0.0385. The summed E-state index contributed by atoms with van der Waals surface area (Å²) < 4.78 is 9.35. The van der Waals surface area contributed by atoms with Gasteiger partial charge >= 0.3 is 0 Å². The van der Waals surface area contributed by atoms with E-state index in [9.17, 15) is 4.79 Å². The van der Waals surface area contributed by atoms with Gasteiger partial charge in [0.15, 0.2) is 0 Å². The standard InChI is InChI=1S/C17H17NO2S2/c1-10-9-20-11(2)8-18(10)17(19)15-7-14-16(22-15)12-5-3-4-6-13(12)21-14/h3-7,10-11H,8-9H2,1-2H3. The molecule has 1 aliphatic rings. The van der Waals surface area contributed by atoms with Gasteiger partial charge in [-0.05, 0) is 26.0 Å². The third kappa shape index (κ3) is 2.24. The van der Waals surface area contributed by atoms with E-state index in [1.165, 1.54) is 19.5 Å². The first-order chi connectivity index (χ1) is 10.6. The SMILES string of the molecule is CC1CN(C(=O)c2cc3sc4ccccc4c3s2)C(C)CO1. The second kappa shape index (κ2) is 5.33. The maximum absolute atomic E-state index is 12.8. The number of amides is 1. The number of morpholine rings is 1. The molecule has 1 fully saturated rings. The Hall–Kier alpha value is -1.43. The molecule has 0 saturated carbocycles. The molecule has 5 heteroatoms. The molecule has 3 nitrogen and oxygen atoms in total. The molecule has 3 heterocycles.